The van der Waals surface area contributed by atoms with Crippen molar-refractivity contribution in [3.8, 4) is 17.2 Å². The van der Waals surface area contributed by atoms with E-state index in [2.05, 4.69) is 0 Å². The zero-order valence-electron chi connectivity index (χ0n) is 14.0. The summed E-state index contributed by atoms with van der Waals surface area (Å²) in [5, 5.41) is 8.48. The lowest BCUT2D eigenvalue weighted by Gasteiger charge is -2.20. The van der Waals surface area contributed by atoms with E-state index in [1.807, 2.05) is 0 Å². The SMILES string of the molecule is CN(c1cc(-c2c(Cl)c(C(F)(F)F)n(C)c2C#N)c(Cl)cc1Cl)S(C)(=O)=O. The fourth-order valence-electron chi connectivity index (χ4n) is 2.49. The molecule has 0 spiro atoms. The van der Waals surface area contributed by atoms with E-state index in [0.717, 1.165) is 17.6 Å². The van der Waals surface area contributed by atoms with E-state index in [-0.39, 0.29) is 32.6 Å². The number of sulfonamides is 1. The van der Waals surface area contributed by atoms with Crippen LogP contribution in [0.3, 0.4) is 0 Å². The highest BCUT2D eigenvalue weighted by atomic mass is 35.5. The van der Waals surface area contributed by atoms with Gasteiger partial charge in [0.2, 0.25) is 10.0 Å². The largest absolute Gasteiger partial charge is 0.432 e. The van der Waals surface area contributed by atoms with Crippen LogP contribution < -0.4 is 4.31 Å². The summed E-state index contributed by atoms with van der Waals surface area (Å²) >= 11 is 18.1. The molecule has 0 unspecified atom stereocenters. The van der Waals surface area contributed by atoms with Gasteiger partial charge in [-0.25, -0.2) is 8.42 Å². The molecule has 0 radical (unpaired) electrons. The number of nitriles is 1. The highest BCUT2D eigenvalue weighted by Crippen LogP contribution is 2.47. The van der Waals surface area contributed by atoms with Crippen molar-refractivity contribution in [1.82, 2.24) is 4.57 Å². The van der Waals surface area contributed by atoms with Gasteiger partial charge >= 0.3 is 6.18 Å². The van der Waals surface area contributed by atoms with E-state index in [0.29, 0.717) is 4.57 Å². The van der Waals surface area contributed by atoms with Crippen molar-refractivity contribution in [3.05, 3.63) is 38.6 Å². The Labute approximate surface area is 168 Å². The Balaban J connectivity index is 2.90. The van der Waals surface area contributed by atoms with Gasteiger partial charge in [0.1, 0.15) is 17.5 Å². The maximum absolute atomic E-state index is 13.3. The number of halogens is 6. The van der Waals surface area contributed by atoms with Gasteiger partial charge in [-0.05, 0) is 12.1 Å². The molecule has 146 valence electrons. The molecule has 0 bridgehead atoms. The first kappa shape index (κ1) is 21.7. The van der Waals surface area contributed by atoms with E-state index < -0.39 is 26.9 Å². The van der Waals surface area contributed by atoms with Gasteiger partial charge in [-0.1, -0.05) is 34.8 Å². The fourth-order valence-corrected chi connectivity index (χ4v) is 4.08. The Morgan fingerprint density at radius 1 is 1.19 bits per heavy atom. The first-order valence-electron chi connectivity index (χ1n) is 7.00. The summed E-state index contributed by atoms with van der Waals surface area (Å²) in [6.07, 6.45) is -3.89. The predicted molar refractivity (Wildman–Crippen MR) is 98.8 cm³/mol. The molecule has 12 heteroatoms. The van der Waals surface area contributed by atoms with E-state index in [9.17, 15) is 26.9 Å². The lowest BCUT2D eigenvalue weighted by molar-refractivity contribution is -0.143. The van der Waals surface area contributed by atoms with Crippen LogP contribution in [0.25, 0.3) is 11.1 Å². The normalized spacial score (nSPS) is 12.1. The maximum atomic E-state index is 13.3. The summed E-state index contributed by atoms with van der Waals surface area (Å²) in [5.74, 6) is 0. The molecule has 1 aromatic heterocycles. The van der Waals surface area contributed by atoms with Crippen LogP contribution in [0, 0.1) is 11.3 Å². The van der Waals surface area contributed by atoms with Crippen LogP contribution in [0.5, 0.6) is 0 Å². The summed E-state index contributed by atoms with van der Waals surface area (Å²) in [7, 11) is -1.46. The van der Waals surface area contributed by atoms with E-state index in [1.165, 1.54) is 19.2 Å². The molecular weight excluding hydrogens is 450 g/mol. The molecule has 27 heavy (non-hydrogen) atoms. The molecule has 2 rings (SSSR count). The third kappa shape index (κ3) is 3.85. The van der Waals surface area contributed by atoms with Gasteiger partial charge in [0.05, 0.1) is 27.0 Å². The first-order chi connectivity index (χ1) is 12.2. The molecule has 0 aliphatic rings. The van der Waals surface area contributed by atoms with Crippen LogP contribution in [0.1, 0.15) is 11.4 Å². The Kier molecular flexibility index (Phi) is 5.70. The summed E-state index contributed by atoms with van der Waals surface area (Å²) in [6.45, 7) is 0. The molecule has 2 aromatic rings. The molecule has 0 amide bonds. The molecule has 0 N–H and O–H groups in total. The van der Waals surface area contributed by atoms with Crippen LogP contribution in [-0.2, 0) is 23.2 Å². The van der Waals surface area contributed by atoms with Crippen LogP contribution in [0.15, 0.2) is 12.1 Å². The highest BCUT2D eigenvalue weighted by molar-refractivity contribution is 7.92. The monoisotopic (exact) mass is 459 g/mol. The van der Waals surface area contributed by atoms with Crippen molar-refractivity contribution in [3.63, 3.8) is 0 Å². The highest BCUT2D eigenvalue weighted by Gasteiger charge is 2.40. The van der Waals surface area contributed by atoms with Crippen molar-refractivity contribution in [2.24, 2.45) is 7.05 Å². The average molecular weight is 461 g/mol. The zero-order valence-corrected chi connectivity index (χ0v) is 17.1. The Morgan fingerprint density at radius 2 is 1.74 bits per heavy atom. The Bertz CT molecular complexity index is 1070. The number of alkyl halides is 3. The standard InChI is InChI=1S/C15H11Cl3F3N3O2S/c1-23-11(6-22)12(13(18)14(23)15(19,20)21)7-4-10(9(17)5-8(7)16)24(2)27(3,25)26/h4-5H,1-3H3. The maximum Gasteiger partial charge on any atom is 0.432 e. The van der Waals surface area contributed by atoms with Crippen LogP contribution >= 0.6 is 34.8 Å². The fraction of sp³-hybridized carbons (Fsp3) is 0.267. The zero-order chi connectivity index (χ0) is 20.9. The van der Waals surface area contributed by atoms with Gasteiger partial charge in [0.25, 0.3) is 0 Å². The van der Waals surface area contributed by atoms with Gasteiger partial charge < -0.3 is 4.57 Å². The molecular formula is C15H11Cl3F3N3O2S. The van der Waals surface area contributed by atoms with Crippen LogP contribution in [-0.4, -0.2) is 26.3 Å². The third-order valence-electron chi connectivity index (χ3n) is 3.85. The van der Waals surface area contributed by atoms with Gasteiger partial charge in [-0.3, -0.25) is 4.31 Å². The molecule has 0 fully saturated rings. The minimum atomic E-state index is -4.82. The number of hydrogen-bond donors (Lipinski definition) is 0. The summed E-state index contributed by atoms with van der Waals surface area (Å²) in [4.78, 5) is 0. The molecule has 0 aliphatic carbocycles. The second-order valence-electron chi connectivity index (χ2n) is 5.57. The molecule has 5 nitrogen and oxygen atoms in total. The second kappa shape index (κ2) is 7.09. The smallest absolute Gasteiger partial charge is 0.330 e. The molecule has 0 aliphatic heterocycles. The number of aromatic nitrogens is 1. The molecule has 0 saturated carbocycles. The number of benzene rings is 1. The predicted octanol–water partition coefficient (Wildman–Crippen LogP) is 4.94. The molecule has 0 saturated heterocycles. The average Bonchev–Trinajstić information content (AvgIpc) is 2.75. The van der Waals surface area contributed by atoms with Gasteiger partial charge in [-0.2, -0.15) is 18.4 Å². The topological polar surface area (TPSA) is 66.1 Å². The first-order valence-corrected chi connectivity index (χ1v) is 9.98. The van der Waals surface area contributed by atoms with E-state index in [4.69, 9.17) is 34.8 Å². The van der Waals surface area contributed by atoms with Crippen LogP contribution in [0.2, 0.25) is 15.1 Å². The lowest BCUT2D eigenvalue weighted by Crippen LogP contribution is -2.25. The van der Waals surface area contributed by atoms with Gasteiger partial charge in [0, 0.05) is 25.2 Å². The van der Waals surface area contributed by atoms with Gasteiger partial charge in [-0.15, -0.1) is 0 Å². The number of anilines is 1. The van der Waals surface area contributed by atoms with E-state index in [1.54, 1.807) is 6.07 Å². The van der Waals surface area contributed by atoms with Crippen molar-refractivity contribution >= 4 is 50.5 Å². The number of nitrogens with zero attached hydrogens (tertiary/aromatic N) is 3. The van der Waals surface area contributed by atoms with Crippen molar-refractivity contribution < 1.29 is 21.6 Å². The number of hydrogen-bond acceptors (Lipinski definition) is 3. The Hall–Kier alpha value is -1.60. The van der Waals surface area contributed by atoms with Gasteiger partial charge in [0.15, 0.2) is 0 Å². The van der Waals surface area contributed by atoms with Crippen LogP contribution in [0.4, 0.5) is 18.9 Å². The summed E-state index contributed by atoms with van der Waals surface area (Å²) in [6, 6.07) is 4.02. The third-order valence-corrected chi connectivity index (χ3v) is 6.03. The lowest BCUT2D eigenvalue weighted by atomic mass is 10.0. The van der Waals surface area contributed by atoms with Crippen molar-refractivity contribution in [2.45, 2.75) is 6.18 Å². The molecule has 1 heterocycles. The van der Waals surface area contributed by atoms with E-state index >= 15 is 0 Å². The summed E-state index contributed by atoms with van der Waals surface area (Å²) in [5.41, 5.74) is -1.96. The van der Waals surface area contributed by atoms with Crippen molar-refractivity contribution in [1.29, 1.82) is 5.26 Å². The minimum Gasteiger partial charge on any atom is -0.330 e. The number of rotatable bonds is 3. The van der Waals surface area contributed by atoms with Crippen molar-refractivity contribution in [2.75, 3.05) is 17.6 Å². The molecule has 0 atom stereocenters. The minimum absolute atomic E-state index is 0.0315. The second-order valence-corrected chi connectivity index (χ2v) is 8.77. The summed E-state index contributed by atoms with van der Waals surface area (Å²) < 4.78 is 65.0. The molecule has 1 aromatic carbocycles. The quantitative estimate of drug-likeness (QED) is 0.652. The Morgan fingerprint density at radius 3 is 2.19 bits per heavy atom.